The van der Waals surface area contributed by atoms with Gasteiger partial charge >= 0.3 is 0 Å². The summed E-state index contributed by atoms with van der Waals surface area (Å²) >= 11 is 14.1. The fourth-order valence-electron chi connectivity index (χ4n) is 12.5. The molecule has 0 bridgehead atoms. The van der Waals surface area contributed by atoms with Crippen molar-refractivity contribution in [1.29, 1.82) is 0 Å². The summed E-state index contributed by atoms with van der Waals surface area (Å²) in [6.07, 6.45) is 55.6. The molecular formula is C77H112OS7. The topological polar surface area (TPSA) is 17.1 Å². The van der Waals surface area contributed by atoms with Crippen LogP contribution in [-0.2, 0) is 38.5 Å². The van der Waals surface area contributed by atoms with Crippen molar-refractivity contribution in [3.05, 3.63) is 92.2 Å². The predicted molar refractivity (Wildman–Crippen MR) is 392 cm³/mol. The van der Waals surface area contributed by atoms with Crippen molar-refractivity contribution in [3.8, 4) is 58.5 Å². The molecule has 0 aliphatic heterocycles. The molecule has 0 aliphatic rings. The Morgan fingerprint density at radius 3 is 0.835 bits per heavy atom. The predicted octanol–water partition coefficient (Wildman–Crippen LogP) is 29.3. The lowest BCUT2D eigenvalue weighted by atomic mass is 10.0. The van der Waals surface area contributed by atoms with E-state index in [1.807, 2.05) is 22.7 Å². The third-order valence-electron chi connectivity index (χ3n) is 17.7. The maximum atomic E-state index is 12.4. The van der Waals surface area contributed by atoms with Crippen molar-refractivity contribution in [1.82, 2.24) is 0 Å². The minimum absolute atomic E-state index is 0.879. The molecule has 0 fully saturated rings. The molecule has 0 radical (unpaired) electrons. The van der Waals surface area contributed by atoms with E-state index in [1.165, 1.54) is 309 Å². The highest BCUT2D eigenvalue weighted by atomic mass is 32.1. The molecule has 0 atom stereocenters. The molecule has 7 aromatic rings. The van der Waals surface area contributed by atoms with Crippen molar-refractivity contribution < 1.29 is 4.79 Å². The van der Waals surface area contributed by atoms with Crippen LogP contribution in [0.5, 0.6) is 0 Å². The van der Waals surface area contributed by atoms with Gasteiger partial charge in [0.15, 0.2) is 6.29 Å². The van der Waals surface area contributed by atoms with Gasteiger partial charge in [-0.3, -0.25) is 4.79 Å². The Balaban J connectivity index is 1.25. The van der Waals surface area contributed by atoms with Gasteiger partial charge in [-0.25, -0.2) is 0 Å². The number of carbonyl (C=O) groups excluding carboxylic acids is 1. The fraction of sp³-hybridized carbons (Fsp3) is 0.623. The molecule has 7 aromatic heterocycles. The van der Waals surface area contributed by atoms with E-state index in [4.69, 9.17) is 0 Å². The zero-order valence-electron chi connectivity index (χ0n) is 54.2. The lowest BCUT2D eigenvalue weighted by Crippen LogP contribution is -1.87. The number of aldehydes is 1. The van der Waals surface area contributed by atoms with Crippen LogP contribution in [0.2, 0.25) is 0 Å². The monoisotopic (exact) mass is 1280 g/mol. The van der Waals surface area contributed by atoms with Crippen molar-refractivity contribution in [2.24, 2.45) is 0 Å². The Bertz CT molecular complexity index is 2880. The number of unbranched alkanes of at least 4 members (excludes halogenated alkanes) is 30. The van der Waals surface area contributed by atoms with Gasteiger partial charge in [-0.1, -0.05) is 234 Å². The third kappa shape index (κ3) is 22.8. The smallest absolute Gasteiger partial charge is 0.160 e. The van der Waals surface area contributed by atoms with Gasteiger partial charge in [-0.15, -0.1) is 79.4 Å². The fourth-order valence-corrected chi connectivity index (χ4v) is 21.2. The molecule has 0 spiro atoms. The van der Waals surface area contributed by atoms with Crippen molar-refractivity contribution in [2.75, 3.05) is 0 Å². The number of hydrogen-bond acceptors (Lipinski definition) is 8. The number of aryl methyl sites for hydroxylation is 6. The molecule has 7 heterocycles. The second-order valence-electron chi connectivity index (χ2n) is 25.0. The summed E-state index contributed by atoms with van der Waals surface area (Å²) in [6.45, 7) is 14.0. The lowest BCUT2D eigenvalue weighted by molar-refractivity contribution is 0.112. The average Bonchev–Trinajstić information content (AvgIpc) is 3.94. The summed E-state index contributed by atoms with van der Waals surface area (Å²) in [5, 5.41) is 2.37. The van der Waals surface area contributed by atoms with Crippen molar-refractivity contribution in [2.45, 2.75) is 311 Å². The van der Waals surface area contributed by atoms with Crippen LogP contribution in [0, 0.1) is 0 Å². The molecule has 0 saturated heterocycles. The van der Waals surface area contributed by atoms with Gasteiger partial charge < -0.3 is 0 Å². The van der Waals surface area contributed by atoms with Gasteiger partial charge in [0.2, 0.25) is 0 Å². The summed E-state index contributed by atoms with van der Waals surface area (Å²) in [6, 6.07) is 20.2. The van der Waals surface area contributed by atoms with E-state index in [9.17, 15) is 4.79 Å². The molecule has 0 unspecified atom stereocenters. The number of thiophene rings is 7. The molecule has 0 N–H and O–H groups in total. The van der Waals surface area contributed by atoms with Crippen LogP contribution in [-0.4, -0.2) is 6.29 Å². The van der Waals surface area contributed by atoms with E-state index in [0.717, 1.165) is 36.8 Å². The Morgan fingerprint density at radius 2 is 0.518 bits per heavy atom. The Morgan fingerprint density at radius 1 is 0.259 bits per heavy atom. The molecule has 0 amide bonds. The van der Waals surface area contributed by atoms with Gasteiger partial charge in [0, 0.05) is 58.5 Å². The van der Waals surface area contributed by atoms with E-state index < -0.39 is 0 Å². The van der Waals surface area contributed by atoms with Gasteiger partial charge in [-0.2, -0.15) is 0 Å². The SMILES string of the molecule is CCCCCCCCc1ccsc1-c1cc(CCCCCCCC)c(-c2cc(CCCCCCCC)c(-c3ccc(-c4sc(-c5sc(-c6sc(C=O)cc6CCCCCCCC)cc5CCCCCCCC)cc4CCCCCCCC)s3)s2)s1. The first-order valence-electron chi connectivity index (χ1n) is 35.2. The summed E-state index contributed by atoms with van der Waals surface area (Å²) in [7, 11) is 0. The summed E-state index contributed by atoms with van der Waals surface area (Å²) in [5.74, 6) is 0. The van der Waals surface area contributed by atoms with Crippen LogP contribution in [0.15, 0.2) is 53.9 Å². The largest absolute Gasteiger partial charge is 0.297 e. The van der Waals surface area contributed by atoms with E-state index in [2.05, 4.69) is 141 Å². The van der Waals surface area contributed by atoms with Crippen LogP contribution < -0.4 is 0 Å². The first kappa shape index (κ1) is 70.0. The van der Waals surface area contributed by atoms with Gasteiger partial charge in [0.05, 0.1) is 4.88 Å². The zero-order valence-corrected chi connectivity index (χ0v) is 60.0. The number of carbonyl (C=O) groups is 1. The molecule has 1 nitrogen and oxygen atoms in total. The number of rotatable bonds is 49. The Kier molecular flexibility index (Phi) is 33.8. The quantitative estimate of drug-likeness (QED) is 0.0274. The van der Waals surface area contributed by atoms with Crippen LogP contribution in [0.1, 0.15) is 316 Å². The maximum Gasteiger partial charge on any atom is 0.160 e. The highest BCUT2D eigenvalue weighted by molar-refractivity contribution is 7.31. The normalized spacial score (nSPS) is 11.8. The Labute approximate surface area is 547 Å². The van der Waals surface area contributed by atoms with E-state index in [1.54, 1.807) is 38.5 Å². The summed E-state index contributed by atoms with van der Waals surface area (Å²) in [4.78, 5) is 31.0. The van der Waals surface area contributed by atoms with Crippen molar-refractivity contribution in [3.63, 3.8) is 0 Å². The van der Waals surface area contributed by atoms with E-state index in [0.29, 0.717) is 0 Å². The maximum absolute atomic E-state index is 12.4. The van der Waals surface area contributed by atoms with Gasteiger partial charge in [0.1, 0.15) is 0 Å². The first-order valence-corrected chi connectivity index (χ1v) is 41.0. The highest BCUT2D eigenvalue weighted by Crippen LogP contribution is 2.52. The van der Waals surface area contributed by atoms with Crippen LogP contribution in [0.3, 0.4) is 0 Å². The molecule has 8 heteroatoms. The Hall–Kier alpha value is -2.43. The second kappa shape index (κ2) is 41.1. The molecule has 7 rings (SSSR count). The van der Waals surface area contributed by atoms with Crippen LogP contribution in [0.25, 0.3) is 58.5 Å². The molecule has 85 heavy (non-hydrogen) atoms. The molecule has 0 saturated carbocycles. The number of hydrogen-bond donors (Lipinski definition) is 0. The summed E-state index contributed by atoms with van der Waals surface area (Å²) < 4.78 is 0. The standard InChI is InChI=1S/C77H112OS7/c1-7-13-19-25-31-37-43-59-51-52-79-72(59)68-54-63(47-41-35-29-23-17-11-5)76(82-68)70-55-61(45-39-33-27-21-15-9-3)73(83-70)66-49-50-67(81-66)74-62(46-40-34-28-22-16-10-4)56-71(84-74)77-64(48-42-36-30-24-18-12-6)57-69(85-77)75-60(53-65(58-78)80-75)44-38-32-26-20-14-8-2/h49-58H,7-48H2,1-6H3. The second-order valence-corrected chi connectivity index (χ2v) is 32.3. The lowest BCUT2D eigenvalue weighted by Gasteiger charge is -2.04. The third-order valence-corrected chi connectivity index (χ3v) is 26.6. The highest BCUT2D eigenvalue weighted by Gasteiger charge is 2.24. The zero-order chi connectivity index (χ0) is 59.7. The average molecular weight is 1280 g/mol. The first-order chi connectivity index (χ1) is 41.9. The minimum atomic E-state index is 0.879. The van der Waals surface area contributed by atoms with Crippen LogP contribution in [0.4, 0.5) is 0 Å². The molecule has 0 aromatic carbocycles. The minimum Gasteiger partial charge on any atom is -0.297 e. The van der Waals surface area contributed by atoms with Gasteiger partial charge in [0.25, 0.3) is 0 Å². The van der Waals surface area contributed by atoms with E-state index >= 15 is 0 Å². The van der Waals surface area contributed by atoms with Gasteiger partial charge in [-0.05, 0) is 164 Å². The molecule has 0 aliphatic carbocycles. The van der Waals surface area contributed by atoms with E-state index in [-0.39, 0.29) is 0 Å². The van der Waals surface area contributed by atoms with Crippen LogP contribution >= 0.6 is 79.4 Å². The van der Waals surface area contributed by atoms with Crippen molar-refractivity contribution >= 4 is 85.6 Å². The summed E-state index contributed by atoms with van der Waals surface area (Å²) in [5.41, 5.74) is 9.22. The molecular weight excluding hydrogens is 1170 g/mol. The molecule has 468 valence electrons.